The smallest absolute Gasteiger partial charge is 0.224 e. The Balaban J connectivity index is 2.04. The summed E-state index contributed by atoms with van der Waals surface area (Å²) in [4.78, 5) is 8.62. The quantitative estimate of drug-likeness (QED) is 0.873. The zero-order valence-corrected chi connectivity index (χ0v) is 13.1. The third kappa shape index (κ3) is 4.21. The minimum atomic E-state index is -0.0985. The van der Waals surface area contributed by atoms with E-state index in [0.29, 0.717) is 22.8 Å². The lowest BCUT2D eigenvalue weighted by molar-refractivity contribution is -0.0553. The molecule has 1 unspecified atom stereocenters. The highest BCUT2D eigenvalue weighted by atomic mass is 35.5. The van der Waals surface area contributed by atoms with Gasteiger partial charge < -0.3 is 15.4 Å². The molecule has 1 fully saturated rings. The van der Waals surface area contributed by atoms with Crippen molar-refractivity contribution in [3.8, 4) is 0 Å². The highest BCUT2D eigenvalue weighted by molar-refractivity contribution is 6.32. The normalized spacial score (nSPS) is 21.5. The van der Waals surface area contributed by atoms with Gasteiger partial charge in [-0.05, 0) is 33.1 Å². The Morgan fingerprint density at radius 3 is 3.00 bits per heavy atom. The number of rotatable bonds is 5. The molecule has 5 nitrogen and oxygen atoms in total. The second-order valence-electron chi connectivity index (χ2n) is 5.76. The molecule has 6 heteroatoms. The zero-order valence-electron chi connectivity index (χ0n) is 12.4. The Morgan fingerprint density at radius 2 is 2.30 bits per heavy atom. The number of nitrogens with one attached hydrogen (secondary N) is 2. The van der Waals surface area contributed by atoms with Crippen LogP contribution in [0.2, 0.25) is 5.02 Å². The van der Waals surface area contributed by atoms with Gasteiger partial charge in [0.15, 0.2) is 5.82 Å². The molecule has 1 aromatic rings. The minimum absolute atomic E-state index is 0.0985. The van der Waals surface area contributed by atoms with E-state index in [2.05, 4.69) is 41.4 Å². The SMILES string of the molecule is CCCNc1ncc(Cl)c(NC2CCOC(C)(C)C2)n1. The summed E-state index contributed by atoms with van der Waals surface area (Å²) in [6.07, 6.45) is 4.56. The number of hydrogen-bond acceptors (Lipinski definition) is 5. The van der Waals surface area contributed by atoms with Crippen LogP contribution in [-0.2, 0) is 4.74 Å². The van der Waals surface area contributed by atoms with E-state index in [4.69, 9.17) is 16.3 Å². The van der Waals surface area contributed by atoms with Crippen LogP contribution in [0.15, 0.2) is 6.20 Å². The average Bonchev–Trinajstić information content (AvgIpc) is 2.38. The fourth-order valence-corrected chi connectivity index (χ4v) is 2.48. The third-order valence-corrected chi connectivity index (χ3v) is 3.59. The molecule has 0 aliphatic carbocycles. The molecule has 2 N–H and O–H groups in total. The maximum Gasteiger partial charge on any atom is 0.224 e. The van der Waals surface area contributed by atoms with Crippen molar-refractivity contribution in [3.05, 3.63) is 11.2 Å². The van der Waals surface area contributed by atoms with Crippen molar-refractivity contribution in [1.29, 1.82) is 0 Å². The van der Waals surface area contributed by atoms with Crippen LogP contribution < -0.4 is 10.6 Å². The van der Waals surface area contributed by atoms with E-state index in [1.807, 2.05) is 0 Å². The topological polar surface area (TPSA) is 59.1 Å². The summed E-state index contributed by atoms with van der Waals surface area (Å²) < 4.78 is 5.72. The molecule has 0 saturated carbocycles. The minimum Gasteiger partial charge on any atom is -0.375 e. The molecule has 1 saturated heterocycles. The van der Waals surface area contributed by atoms with E-state index < -0.39 is 0 Å². The Kier molecular flexibility index (Phi) is 5.05. The van der Waals surface area contributed by atoms with Crippen molar-refractivity contribution in [2.24, 2.45) is 0 Å². The van der Waals surface area contributed by atoms with Gasteiger partial charge in [-0.3, -0.25) is 0 Å². The van der Waals surface area contributed by atoms with Crippen LogP contribution in [0.25, 0.3) is 0 Å². The fourth-order valence-electron chi connectivity index (χ4n) is 2.34. The maximum atomic E-state index is 6.17. The number of nitrogens with zero attached hydrogens (tertiary/aromatic N) is 2. The highest BCUT2D eigenvalue weighted by Gasteiger charge is 2.29. The van der Waals surface area contributed by atoms with Crippen molar-refractivity contribution in [1.82, 2.24) is 9.97 Å². The predicted octanol–water partition coefficient (Wildman–Crippen LogP) is 3.32. The van der Waals surface area contributed by atoms with Crippen LogP contribution >= 0.6 is 11.6 Å². The van der Waals surface area contributed by atoms with E-state index in [0.717, 1.165) is 32.4 Å². The molecule has 1 aromatic heterocycles. The lowest BCUT2D eigenvalue weighted by Crippen LogP contribution is -2.40. The molecular weight excluding hydrogens is 276 g/mol. The lowest BCUT2D eigenvalue weighted by Gasteiger charge is -2.36. The molecule has 0 bridgehead atoms. The van der Waals surface area contributed by atoms with E-state index in [-0.39, 0.29) is 5.60 Å². The first-order valence-electron chi connectivity index (χ1n) is 7.17. The second-order valence-corrected chi connectivity index (χ2v) is 6.17. The summed E-state index contributed by atoms with van der Waals surface area (Å²) in [5, 5.41) is 7.14. The van der Waals surface area contributed by atoms with E-state index >= 15 is 0 Å². The largest absolute Gasteiger partial charge is 0.375 e. The van der Waals surface area contributed by atoms with Crippen LogP contribution in [0.4, 0.5) is 11.8 Å². The molecule has 1 atom stereocenters. The van der Waals surface area contributed by atoms with Crippen molar-refractivity contribution in [2.45, 2.75) is 51.7 Å². The summed E-state index contributed by atoms with van der Waals surface area (Å²) in [7, 11) is 0. The van der Waals surface area contributed by atoms with E-state index in [9.17, 15) is 0 Å². The van der Waals surface area contributed by atoms with Gasteiger partial charge in [0.2, 0.25) is 5.95 Å². The summed E-state index contributed by atoms with van der Waals surface area (Å²) in [6, 6.07) is 0.324. The van der Waals surface area contributed by atoms with Crippen LogP contribution in [0.1, 0.15) is 40.0 Å². The number of anilines is 2. The zero-order chi connectivity index (χ0) is 14.6. The van der Waals surface area contributed by atoms with Crippen molar-refractivity contribution in [3.63, 3.8) is 0 Å². The molecule has 0 aromatic carbocycles. The Bertz CT molecular complexity index is 453. The van der Waals surface area contributed by atoms with Crippen molar-refractivity contribution >= 4 is 23.4 Å². The van der Waals surface area contributed by atoms with Gasteiger partial charge in [-0.25, -0.2) is 4.98 Å². The monoisotopic (exact) mass is 298 g/mol. The number of ether oxygens (including phenoxy) is 1. The molecule has 0 spiro atoms. The standard InChI is InChI=1S/C14H23ClN4O/c1-4-6-16-13-17-9-11(15)12(19-13)18-10-5-7-20-14(2,3)8-10/h9-10H,4-8H2,1-3H3,(H2,16,17,18,19). The molecule has 0 radical (unpaired) electrons. The third-order valence-electron chi connectivity index (χ3n) is 3.32. The van der Waals surface area contributed by atoms with Gasteiger partial charge in [-0.2, -0.15) is 4.98 Å². The molecular formula is C14H23ClN4O. The molecule has 0 amide bonds. The van der Waals surface area contributed by atoms with Gasteiger partial charge in [0.25, 0.3) is 0 Å². The first kappa shape index (κ1) is 15.3. The first-order valence-corrected chi connectivity index (χ1v) is 7.55. The van der Waals surface area contributed by atoms with Gasteiger partial charge in [0.05, 0.1) is 11.8 Å². The van der Waals surface area contributed by atoms with Gasteiger partial charge in [-0.15, -0.1) is 0 Å². The van der Waals surface area contributed by atoms with Gasteiger partial charge in [-0.1, -0.05) is 18.5 Å². The molecule has 1 aliphatic rings. The summed E-state index contributed by atoms with van der Waals surface area (Å²) in [5.41, 5.74) is -0.0985. The number of halogens is 1. The van der Waals surface area contributed by atoms with Gasteiger partial charge in [0.1, 0.15) is 5.02 Å². The predicted molar refractivity (Wildman–Crippen MR) is 82.5 cm³/mol. The van der Waals surface area contributed by atoms with Gasteiger partial charge in [0, 0.05) is 19.2 Å². The average molecular weight is 299 g/mol. The van der Waals surface area contributed by atoms with E-state index in [1.54, 1.807) is 6.20 Å². The van der Waals surface area contributed by atoms with Crippen LogP contribution in [0.5, 0.6) is 0 Å². The number of aromatic nitrogens is 2. The number of hydrogen-bond donors (Lipinski definition) is 2. The summed E-state index contributed by atoms with van der Waals surface area (Å²) >= 11 is 6.17. The maximum absolute atomic E-state index is 6.17. The molecule has 1 aliphatic heterocycles. The Morgan fingerprint density at radius 1 is 1.50 bits per heavy atom. The van der Waals surface area contributed by atoms with Crippen LogP contribution in [0, 0.1) is 0 Å². The first-order chi connectivity index (χ1) is 9.50. The summed E-state index contributed by atoms with van der Waals surface area (Å²) in [6.45, 7) is 7.93. The van der Waals surface area contributed by atoms with Gasteiger partial charge >= 0.3 is 0 Å². The van der Waals surface area contributed by atoms with E-state index in [1.165, 1.54) is 0 Å². The summed E-state index contributed by atoms with van der Waals surface area (Å²) in [5.74, 6) is 1.31. The molecule has 112 valence electrons. The fraction of sp³-hybridized carbons (Fsp3) is 0.714. The second kappa shape index (κ2) is 6.59. The Hall–Kier alpha value is -1.07. The lowest BCUT2D eigenvalue weighted by atomic mass is 9.94. The van der Waals surface area contributed by atoms with Crippen LogP contribution in [0.3, 0.4) is 0 Å². The van der Waals surface area contributed by atoms with Crippen LogP contribution in [-0.4, -0.2) is 34.8 Å². The highest BCUT2D eigenvalue weighted by Crippen LogP contribution is 2.28. The van der Waals surface area contributed by atoms with Crippen molar-refractivity contribution in [2.75, 3.05) is 23.8 Å². The Labute approximate surface area is 125 Å². The molecule has 2 heterocycles. The molecule has 2 rings (SSSR count). The molecule has 20 heavy (non-hydrogen) atoms. The van der Waals surface area contributed by atoms with Crippen molar-refractivity contribution < 1.29 is 4.74 Å².